The average Bonchev–Trinajstić information content (AvgIpc) is 2.29. The van der Waals surface area contributed by atoms with Gasteiger partial charge in [0.2, 0.25) is 0 Å². The first-order valence-corrected chi connectivity index (χ1v) is 4.62. The van der Waals surface area contributed by atoms with Gasteiger partial charge in [-0.1, -0.05) is 6.58 Å². The molecular weight excluding hydrogens is 220 g/mol. The first-order chi connectivity index (χ1) is 7.40. The Bertz CT molecular complexity index is 279. The molecule has 7 heteroatoms. The van der Waals surface area contributed by atoms with E-state index in [1.807, 2.05) is 0 Å². The molecule has 1 saturated heterocycles. The highest BCUT2D eigenvalue weighted by atomic mass is 16.6. The maximum absolute atomic E-state index is 11.1. The highest BCUT2D eigenvalue weighted by Gasteiger charge is 2.46. The third-order valence-corrected chi connectivity index (χ3v) is 2.43. The molecule has 7 nitrogen and oxygen atoms in total. The minimum atomic E-state index is -1.78. The Morgan fingerprint density at radius 3 is 2.25 bits per heavy atom. The van der Waals surface area contributed by atoms with Crippen LogP contribution in [0.25, 0.3) is 0 Å². The fourth-order valence-corrected chi connectivity index (χ4v) is 1.43. The topological polar surface area (TPSA) is 127 Å². The van der Waals surface area contributed by atoms with E-state index < -0.39 is 42.6 Å². The lowest BCUT2D eigenvalue weighted by Gasteiger charge is -2.39. The first-order valence-electron chi connectivity index (χ1n) is 4.62. The fraction of sp³-hybridized carbons (Fsp3) is 0.667. The molecule has 0 aromatic heterocycles. The van der Waals surface area contributed by atoms with Gasteiger partial charge < -0.3 is 30.3 Å². The number of aliphatic hydroxyl groups is 5. The van der Waals surface area contributed by atoms with Gasteiger partial charge in [-0.15, -0.1) is 0 Å². The lowest BCUT2D eigenvalue weighted by molar-refractivity contribution is -0.293. The van der Waals surface area contributed by atoms with Gasteiger partial charge in [-0.3, -0.25) is 4.79 Å². The quantitative estimate of drug-likeness (QED) is 0.327. The molecule has 1 heterocycles. The van der Waals surface area contributed by atoms with Crippen LogP contribution in [-0.2, 0) is 9.53 Å². The number of ether oxygens (including phenoxy) is 1. The van der Waals surface area contributed by atoms with Crippen LogP contribution in [0.2, 0.25) is 0 Å². The van der Waals surface area contributed by atoms with E-state index in [9.17, 15) is 20.1 Å². The molecule has 1 aliphatic heterocycles. The van der Waals surface area contributed by atoms with E-state index in [2.05, 4.69) is 11.3 Å². The monoisotopic (exact) mass is 234 g/mol. The second-order valence-electron chi connectivity index (χ2n) is 3.51. The highest BCUT2D eigenvalue weighted by molar-refractivity contribution is 5.93. The van der Waals surface area contributed by atoms with E-state index in [0.29, 0.717) is 0 Å². The Balaban J connectivity index is 2.81. The number of hydrogen-bond donors (Lipinski definition) is 5. The number of rotatable bonds is 3. The van der Waals surface area contributed by atoms with E-state index >= 15 is 0 Å². The highest BCUT2D eigenvalue weighted by Crippen LogP contribution is 2.22. The first kappa shape index (κ1) is 13.2. The van der Waals surface area contributed by atoms with Gasteiger partial charge in [0.25, 0.3) is 0 Å². The average molecular weight is 234 g/mol. The van der Waals surface area contributed by atoms with Crippen LogP contribution in [0.15, 0.2) is 12.7 Å². The third kappa shape index (κ3) is 2.29. The fourth-order valence-electron chi connectivity index (χ4n) is 1.43. The Morgan fingerprint density at radius 2 is 1.75 bits per heavy atom. The second kappa shape index (κ2) is 5.00. The van der Waals surface area contributed by atoms with Gasteiger partial charge in [0.05, 0.1) is 0 Å². The van der Waals surface area contributed by atoms with Crippen molar-refractivity contribution in [3.05, 3.63) is 12.7 Å². The molecule has 5 N–H and O–H groups in total. The molecule has 6 atom stereocenters. The van der Waals surface area contributed by atoms with Crippen molar-refractivity contribution in [3.63, 3.8) is 0 Å². The van der Waals surface area contributed by atoms with Gasteiger partial charge in [-0.05, 0) is 6.08 Å². The summed E-state index contributed by atoms with van der Waals surface area (Å²) in [7, 11) is 0. The molecule has 0 spiro atoms. The zero-order valence-electron chi connectivity index (χ0n) is 8.30. The van der Waals surface area contributed by atoms with Gasteiger partial charge in [-0.2, -0.15) is 0 Å². The number of aliphatic hydroxyl groups excluding tert-OH is 5. The molecule has 92 valence electrons. The summed E-state index contributed by atoms with van der Waals surface area (Å²) in [5, 5.41) is 46.5. The molecule has 1 rings (SSSR count). The predicted octanol–water partition coefficient (Wildman–Crippen LogP) is -3.10. The summed E-state index contributed by atoms with van der Waals surface area (Å²) in [6.45, 7) is 3.13. The van der Waals surface area contributed by atoms with Gasteiger partial charge in [0, 0.05) is 0 Å². The molecule has 0 radical (unpaired) electrons. The zero-order chi connectivity index (χ0) is 12.5. The normalized spacial score (nSPS) is 41.4. The maximum Gasteiger partial charge on any atom is 0.186 e. The van der Waals surface area contributed by atoms with E-state index in [4.69, 9.17) is 10.2 Å². The van der Waals surface area contributed by atoms with Gasteiger partial charge in [0.1, 0.15) is 30.5 Å². The SMILES string of the molecule is C=CC(=O)C(O)[C@H]1O[C@H](O)[C@H](O)[C@@H](O)[C@H]1O. The van der Waals surface area contributed by atoms with Crippen LogP contribution >= 0.6 is 0 Å². The summed E-state index contributed by atoms with van der Waals surface area (Å²) in [6.07, 6.45) is -9.32. The van der Waals surface area contributed by atoms with Crippen molar-refractivity contribution in [1.29, 1.82) is 0 Å². The molecule has 0 amide bonds. The van der Waals surface area contributed by atoms with Gasteiger partial charge >= 0.3 is 0 Å². The Labute approximate surface area is 91.2 Å². The van der Waals surface area contributed by atoms with Crippen LogP contribution in [-0.4, -0.2) is 68.1 Å². The van der Waals surface area contributed by atoms with Crippen molar-refractivity contribution in [2.24, 2.45) is 0 Å². The molecular formula is C9H14O7. The smallest absolute Gasteiger partial charge is 0.186 e. The molecule has 0 bridgehead atoms. The van der Waals surface area contributed by atoms with Crippen molar-refractivity contribution in [2.45, 2.75) is 36.8 Å². The molecule has 0 aromatic rings. The largest absolute Gasteiger partial charge is 0.387 e. The van der Waals surface area contributed by atoms with Gasteiger partial charge in [-0.25, -0.2) is 0 Å². The molecule has 1 aliphatic rings. The standard InChI is InChI=1S/C9H14O7/c1-2-3(10)4(11)8-6(13)5(12)7(14)9(15)16-8/h2,4-9,11-15H,1H2/t4?,5-,6+,7+,8+,9-/m0/s1. The number of carbonyl (C=O) groups is 1. The number of ketones is 1. The molecule has 1 unspecified atom stereocenters. The summed E-state index contributed by atoms with van der Waals surface area (Å²) in [5.41, 5.74) is 0. The summed E-state index contributed by atoms with van der Waals surface area (Å²) in [6, 6.07) is 0. The third-order valence-electron chi connectivity index (χ3n) is 2.43. The van der Waals surface area contributed by atoms with Crippen LogP contribution in [0.5, 0.6) is 0 Å². The van der Waals surface area contributed by atoms with Crippen LogP contribution in [0.1, 0.15) is 0 Å². The van der Waals surface area contributed by atoms with Crippen molar-refractivity contribution in [1.82, 2.24) is 0 Å². The zero-order valence-corrected chi connectivity index (χ0v) is 8.30. The van der Waals surface area contributed by atoms with Crippen LogP contribution < -0.4 is 0 Å². The van der Waals surface area contributed by atoms with E-state index in [0.717, 1.165) is 6.08 Å². The summed E-state index contributed by atoms with van der Waals surface area (Å²) in [4.78, 5) is 11.1. The maximum atomic E-state index is 11.1. The number of carbonyl (C=O) groups excluding carboxylic acids is 1. The number of hydrogen-bond acceptors (Lipinski definition) is 7. The lowest BCUT2D eigenvalue weighted by Crippen LogP contribution is -2.61. The van der Waals surface area contributed by atoms with Crippen LogP contribution in [0.3, 0.4) is 0 Å². The van der Waals surface area contributed by atoms with E-state index in [-0.39, 0.29) is 0 Å². The molecule has 1 fully saturated rings. The van der Waals surface area contributed by atoms with Crippen molar-refractivity contribution < 1.29 is 35.1 Å². The molecule has 0 aromatic carbocycles. The van der Waals surface area contributed by atoms with Crippen LogP contribution in [0, 0.1) is 0 Å². The molecule has 0 aliphatic carbocycles. The van der Waals surface area contributed by atoms with Crippen molar-refractivity contribution in [3.8, 4) is 0 Å². The summed E-state index contributed by atoms with van der Waals surface area (Å²) in [5.74, 6) is -0.820. The summed E-state index contributed by atoms with van der Waals surface area (Å²) >= 11 is 0. The Hall–Kier alpha value is -0.830. The van der Waals surface area contributed by atoms with Crippen molar-refractivity contribution in [2.75, 3.05) is 0 Å². The minimum absolute atomic E-state index is 0.820. The molecule has 16 heavy (non-hydrogen) atoms. The van der Waals surface area contributed by atoms with Crippen LogP contribution in [0.4, 0.5) is 0 Å². The lowest BCUT2D eigenvalue weighted by atomic mass is 9.94. The molecule has 0 saturated carbocycles. The Morgan fingerprint density at radius 1 is 1.19 bits per heavy atom. The van der Waals surface area contributed by atoms with Gasteiger partial charge in [0.15, 0.2) is 12.1 Å². The van der Waals surface area contributed by atoms with E-state index in [1.54, 1.807) is 0 Å². The summed E-state index contributed by atoms with van der Waals surface area (Å²) < 4.78 is 4.64. The predicted molar refractivity (Wildman–Crippen MR) is 50.1 cm³/mol. The van der Waals surface area contributed by atoms with Crippen molar-refractivity contribution >= 4 is 5.78 Å². The second-order valence-corrected chi connectivity index (χ2v) is 3.51. The van der Waals surface area contributed by atoms with E-state index in [1.165, 1.54) is 0 Å². The Kier molecular flexibility index (Phi) is 4.14. The minimum Gasteiger partial charge on any atom is -0.387 e.